The highest BCUT2D eigenvalue weighted by atomic mass is 35.5. The van der Waals surface area contributed by atoms with E-state index in [2.05, 4.69) is 21.7 Å². The number of hydrogen-bond acceptors (Lipinski definition) is 5. The molecule has 6 heteroatoms. The first kappa shape index (κ1) is 12.4. The molecule has 3 rings (SSSR count). The first-order valence-electron chi connectivity index (χ1n) is 5.93. The number of nitrogens with zero attached hydrogens (tertiary/aromatic N) is 2. The van der Waals surface area contributed by atoms with Gasteiger partial charge in [-0.15, -0.1) is 0 Å². The Morgan fingerprint density at radius 1 is 1.47 bits per heavy atom. The van der Waals surface area contributed by atoms with Gasteiger partial charge >= 0.3 is 0 Å². The van der Waals surface area contributed by atoms with Crippen molar-refractivity contribution in [1.29, 1.82) is 5.26 Å². The van der Waals surface area contributed by atoms with Crippen molar-refractivity contribution in [1.82, 2.24) is 10.3 Å². The second-order valence-corrected chi connectivity index (χ2v) is 5.60. The number of fused-ring (bicyclic) bond motifs is 1. The van der Waals surface area contributed by atoms with Crippen molar-refractivity contribution in [2.45, 2.75) is 13.0 Å². The lowest BCUT2D eigenvalue weighted by Gasteiger charge is -2.20. The van der Waals surface area contributed by atoms with Crippen LogP contribution in [-0.2, 0) is 13.0 Å². The van der Waals surface area contributed by atoms with Crippen LogP contribution in [0.4, 0.5) is 10.8 Å². The van der Waals surface area contributed by atoms with Crippen LogP contribution in [0.15, 0.2) is 18.2 Å². The number of nitriles is 1. The molecule has 4 nitrogen and oxygen atoms in total. The number of thiazole rings is 1. The van der Waals surface area contributed by atoms with Crippen molar-refractivity contribution in [3.05, 3.63) is 39.4 Å². The maximum atomic E-state index is 8.89. The van der Waals surface area contributed by atoms with E-state index in [0.29, 0.717) is 10.0 Å². The lowest BCUT2D eigenvalue weighted by molar-refractivity contribution is 0.645. The highest BCUT2D eigenvalue weighted by Crippen LogP contribution is 2.31. The predicted octanol–water partition coefficient (Wildman–Crippen LogP) is 3.06. The fraction of sp³-hybridized carbons (Fsp3) is 0.231. The van der Waals surface area contributed by atoms with Crippen molar-refractivity contribution in [2.75, 3.05) is 11.9 Å². The Hall–Kier alpha value is -1.61. The zero-order chi connectivity index (χ0) is 13.2. The number of nitrogens with one attached hydrogen (secondary N) is 2. The van der Waals surface area contributed by atoms with Crippen LogP contribution >= 0.6 is 22.9 Å². The van der Waals surface area contributed by atoms with Crippen molar-refractivity contribution < 1.29 is 0 Å². The fourth-order valence-electron chi connectivity index (χ4n) is 2.19. The van der Waals surface area contributed by atoms with E-state index in [0.717, 1.165) is 25.2 Å². The Morgan fingerprint density at radius 2 is 2.37 bits per heavy atom. The molecule has 0 radical (unpaired) electrons. The van der Waals surface area contributed by atoms with Crippen LogP contribution in [0.2, 0.25) is 5.15 Å². The highest BCUT2D eigenvalue weighted by Gasteiger charge is 2.14. The van der Waals surface area contributed by atoms with Crippen LogP contribution in [0, 0.1) is 11.3 Å². The number of aromatic nitrogens is 1. The summed E-state index contributed by atoms with van der Waals surface area (Å²) in [6, 6.07) is 8.22. The number of hydrogen-bond donors (Lipinski definition) is 2. The van der Waals surface area contributed by atoms with Crippen LogP contribution in [0.25, 0.3) is 0 Å². The molecule has 19 heavy (non-hydrogen) atoms. The minimum atomic E-state index is 0.265. The van der Waals surface area contributed by atoms with Gasteiger partial charge in [0.25, 0.3) is 0 Å². The van der Waals surface area contributed by atoms with Gasteiger partial charge in [-0.1, -0.05) is 35.1 Å². The summed E-state index contributed by atoms with van der Waals surface area (Å²) in [5.74, 6) is 0. The lowest BCUT2D eigenvalue weighted by atomic mass is 9.99. The third-order valence-corrected chi connectivity index (χ3v) is 4.33. The van der Waals surface area contributed by atoms with Crippen LogP contribution in [0.3, 0.4) is 0 Å². The zero-order valence-corrected chi connectivity index (χ0v) is 11.6. The Balaban J connectivity index is 1.93. The molecule has 1 aliphatic heterocycles. The topological polar surface area (TPSA) is 60.7 Å². The van der Waals surface area contributed by atoms with E-state index in [1.165, 1.54) is 22.5 Å². The predicted molar refractivity (Wildman–Crippen MR) is 77.0 cm³/mol. The van der Waals surface area contributed by atoms with Gasteiger partial charge < -0.3 is 10.6 Å². The summed E-state index contributed by atoms with van der Waals surface area (Å²) in [5.41, 5.74) is 3.67. The second-order valence-electron chi connectivity index (χ2n) is 4.25. The largest absolute Gasteiger partial charge is 0.331 e. The second kappa shape index (κ2) is 5.17. The molecule has 96 valence electrons. The van der Waals surface area contributed by atoms with E-state index in [9.17, 15) is 0 Å². The zero-order valence-electron chi connectivity index (χ0n) is 10.0. The molecule has 0 bridgehead atoms. The number of benzene rings is 1. The molecule has 0 saturated carbocycles. The summed E-state index contributed by atoms with van der Waals surface area (Å²) in [7, 11) is 0. The molecule has 0 aliphatic carbocycles. The van der Waals surface area contributed by atoms with Crippen molar-refractivity contribution in [3.8, 4) is 6.07 Å². The summed E-state index contributed by atoms with van der Waals surface area (Å²) >= 11 is 7.16. The monoisotopic (exact) mass is 290 g/mol. The van der Waals surface area contributed by atoms with Gasteiger partial charge in [0.1, 0.15) is 10.9 Å². The molecule has 0 atom stereocenters. The summed E-state index contributed by atoms with van der Waals surface area (Å²) in [6.45, 7) is 1.88. The average molecular weight is 291 g/mol. The van der Waals surface area contributed by atoms with E-state index in [4.69, 9.17) is 16.9 Å². The van der Waals surface area contributed by atoms with Gasteiger partial charge in [-0.3, -0.25) is 0 Å². The van der Waals surface area contributed by atoms with E-state index >= 15 is 0 Å². The maximum Gasteiger partial charge on any atom is 0.189 e. The van der Waals surface area contributed by atoms with Gasteiger partial charge in [0.2, 0.25) is 0 Å². The normalized spacial score (nSPS) is 13.7. The van der Waals surface area contributed by atoms with Crippen molar-refractivity contribution in [2.24, 2.45) is 0 Å². The van der Waals surface area contributed by atoms with Gasteiger partial charge in [-0.05, 0) is 30.2 Å². The van der Waals surface area contributed by atoms with E-state index in [1.54, 1.807) is 0 Å². The molecule has 1 aromatic heterocycles. The Labute approximate surface area is 120 Å². The Kier molecular flexibility index (Phi) is 3.38. The molecule has 2 aromatic rings. The Morgan fingerprint density at radius 3 is 3.16 bits per heavy atom. The average Bonchev–Trinajstić information content (AvgIpc) is 2.79. The van der Waals surface area contributed by atoms with E-state index in [-0.39, 0.29) is 5.15 Å². The maximum absolute atomic E-state index is 8.89. The molecular weight excluding hydrogens is 280 g/mol. The molecule has 2 heterocycles. The van der Waals surface area contributed by atoms with E-state index < -0.39 is 0 Å². The Bertz CT molecular complexity index is 659. The van der Waals surface area contributed by atoms with Crippen LogP contribution in [-0.4, -0.2) is 11.5 Å². The fourth-order valence-corrected chi connectivity index (χ4v) is 3.15. The smallest absolute Gasteiger partial charge is 0.189 e. The van der Waals surface area contributed by atoms with Crippen LogP contribution in [0.5, 0.6) is 0 Å². The molecule has 0 fully saturated rings. The van der Waals surface area contributed by atoms with Crippen LogP contribution in [0.1, 0.15) is 16.0 Å². The lowest BCUT2D eigenvalue weighted by Crippen LogP contribution is -2.24. The summed E-state index contributed by atoms with van der Waals surface area (Å²) < 4.78 is 0. The summed E-state index contributed by atoms with van der Waals surface area (Å²) in [5, 5.41) is 16.4. The summed E-state index contributed by atoms with van der Waals surface area (Å²) in [6.07, 6.45) is 0.989. The first-order chi connectivity index (χ1) is 9.28. The molecular formula is C13H11ClN4S. The molecule has 1 aromatic carbocycles. The van der Waals surface area contributed by atoms with E-state index in [1.807, 2.05) is 18.2 Å². The van der Waals surface area contributed by atoms with Crippen molar-refractivity contribution in [3.63, 3.8) is 0 Å². The van der Waals surface area contributed by atoms with Crippen LogP contribution < -0.4 is 10.6 Å². The molecule has 1 aliphatic rings. The minimum Gasteiger partial charge on any atom is -0.331 e. The molecule has 2 N–H and O–H groups in total. The standard InChI is InChI=1S/C13H11ClN4S/c14-12-11(6-15)19-13(18-12)17-10-3-1-2-8-7-16-5-4-9(8)10/h1-3,16H,4-5,7H2,(H,17,18). The minimum absolute atomic E-state index is 0.265. The first-order valence-corrected chi connectivity index (χ1v) is 7.12. The number of anilines is 2. The van der Waals surface area contributed by atoms with Gasteiger partial charge in [0, 0.05) is 12.2 Å². The molecule has 0 amide bonds. The summed E-state index contributed by atoms with van der Waals surface area (Å²) in [4.78, 5) is 4.60. The highest BCUT2D eigenvalue weighted by molar-refractivity contribution is 7.16. The molecule has 0 unspecified atom stereocenters. The van der Waals surface area contributed by atoms with Gasteiger partial charge in [-0.25, -0.2) is 4.98 Å². The molecule has 0 spiro atoms. The van der Waals surface area contributed by atoms with Crippen molar-refractivity contribution >= 4 is 33.8 Å². The third-order valence-electron chi connectivity index (χ3n) is 3.07. The quantitative estimate of drug-likeness (QED) is 0.892. The SMILES string of the molecule is N#Cc1sc(Nc2cccc3c2CCNC3)nc1Cl. The number of halogens is 1. The third kappa shape index (κ3) is 2.43. The van der Waals surface area contributed by atoms with Gasteiger partial charge in [-0.2, -0.15) is 5.26 Å². The van der Waals surface area contributed by atoms with Gasteiger partial charge in [0.05, 0.1) is 0 Å². The van der Waals surface area contributed by atoms with Gasteiger partial charge in [0.15, 0.2) is 10.3 Å². The molecule has 0 saturated heterocycles. The number of rotatable bonds is 2.